The SMILES string of the molecule is Cc1cc(C(=O)N2CCc3c(nc(-c4ccncc4)nc3N(C)C)C2)ccc1O. The van der Waals surface area contributed by atoms with Gasteiger partial charge in [-0.15, -0.1) is 0 Å². The van der Waals surface area contributed by atoms with Crippen LogP contribution in [-0.4, -0.2) is 51.5 Å². The van der Waals surface area contributed by atoms with Gasteiger partial charge in [-0.3, -0.25) is 9.78 Å². The molecule has 4 rings (SSSR count). The molecule has 0 aliphatic carbocycles. The molecule has 1 N–H and O–H groups in total. The summed E-state index contributed by atoms with van der Waals surface area (Å²) in [5.74, 6) is 1.64. The Kier molecular flexibility index (Phi) is 4.88. The summed E-state index contributed by atoms with van der Waals surface area (Å²) in [6.45, 7) is 2.81. The molecule has 7 nitrogen and oxygen atoms in total. The van der Waals surface area contributed by atoms with Gasteiger partial charge in [-0.2, -0.15) is 0 Å². The van der Waals surface area contributed by atoms with Gasteiger partial charge in [-0.25, -0.2) is 9.97 Å². The number of hydrogen-bond donors (Lipinski definition) is 1. The Balaban J connectivity index is 1.70. The Hall–Kier alpha value is -3.48. The van der Waals surface area contributed by atoms with Crippen molar-refractivity contribution in [2.24, 2.45) is 0 Å². The van der Waals surface area contributed by atoms with E-state index < -0.39 is 0 Å². The molecule has 0 radical (unpaired) electrons. The van der Waals surface area contributed by atoms with Crippen LogP contribution in [0.25, 0.3) is 11.4 Å². The molecule has 2 aromatic heterocycles. The minimum absolute atomic E-state index is 0.0609. The second kappa shape index (κ2) is 7.50. The number of hydrogen-bond acceptors (Lipinski definition) is 6. The maximum atomic E-state index is 13.0. The molecule has 1 aromatic carbocycles. The first kappa shape index (κ1) is 18.9. The van der Waals surface area contributed by atoms with Gasteiger partial charge in [0.1, 0.15) is 11.6 Å². The summed E-state index contributed by atoms with van der Waals surface area (Å²) in [6.07, 6.45) is 4.13. The van der Waals surface area contributed by atoms with Crippen LogP contribution in [0.5, 0.6) is 5.75 Å². The van der Waals surface area contributed by atoms with Crippen LogP contribution in [-0.2, 0) is 13.0 Å². The number of pyridine rings is 1. The summed E-state index contributed by atoms with van der Waals surface area (Å²) < 4.78 is 0. The number of amides is 1. The predicted molar refractivity (Wildman–Crippen MR) is 111 cm³/mol. The molecule has 1 amide bonds. The number of carbonyl (C=O) groups is 1. The number of phenols is 1. The first-order valence-corrected chi connectivity index (χ1v) is 9.50. The Morgan fingerprint density at radius 1 is 1.14 bits per heavy atom. The van der Waals surface area contributed by atoms with Crippen molar-refractivity contribution < 1.29 is 9.90 Å². The van der Waals surface area contributed by atoms with E-state index in [2.05, 4.69) is 4.98 Å². The highest BCUT2D eigenvalue weighted by Gasteiger charge is 2.27. The largest absolute Gasteiger partial charge is 0.508 e. The standard InChI is InChI=1S/C22H23N5O2/c1-14-12-16(4-5-19(14)28)22(29)27-11-8-17-18(13-27)24-20(25-21(17)26(2)3)15-6-9-23-10-7-15/h4-7,9-10,12,28H,8,11,13H2,1-3H3. The van der Waals surface area contributed by atoms with Crippen molar-refractivity contribution in [3.8, 4) is 17.1 Å². The van der Waals surface area contributed by atoms with E-state index in [1.165, 1.54) is 0 Å². The monoisotopic (exact) mass is 389 g/mol. The van der Waals surface area contributed by atoms with Crippen LogP contribution in [0.15, 0.2) is 42.7 Å². The Morgan fingerprint density at radius 2 is 1.90 bits per heavy atom. The Morgan fingerprint density at radius 3 is 2.59 bits per heavy atom. The topological polar surface area (TPSA) is 82.5 Å². The van der Waals surface area contributed by atoms with E-state index in [9.17, 15) is 9.90 Å². The lowest BCUT2D eigenvalue weighted by molar-refractivity contribution is 0.0731. The van der Waals surface area contributed by atoms with Crippen molar-refractivity contribution in [3.05, 3.63) is 65.1 Å². The van der Waals surface area contributed by atoms with Crippen LogP contribution in [0.2, 0.25) is 0 Å². The molecule has 0 saturated carbocycles. The fourth-order valence-electron chi connectivity index (χ4n) is 3.56. The zero-order valence-electron chi connectivity index (χ0n) is 16.8. The van der Waals surface area contributed by atoms with Gasteiger partial charge in [-0.1, -0.05) is 0 Å². The molecular formula is C22H23N5O2. The van der Waals surface area contributed by atoms with Crippen molar-refractivity contribution in [2.45, 2.75) is 19.9 Å². The molecule has 3 heterocycles. The number of aryl methyl sites for hydroxylation is 1. The number of rotatable bonds is 3. The number of carbonyl (C=O) groups excluding carboxylic acids is 1. The average Bonchev–Trinajstić information content (AvgIpc) is 2.74. The number of aromatic nitrogens is 3. The normalized spacial score (nSPS) is 13.1. The smallest absolute Gasteiger partial charge is 0.254 e. The van der Waals surface area contributed by atoms with Crippen molar-refractivity contribution in [1.82, 2.24) is 19.9 Å². The molecule has 0 atom stereocenters. The lowest BCUT2D eigenvalue weighted by atomic mass is 10.0. The number of aromatic hydroxyl groups is 1. The van der Waals surface area contributed by atoms with Crippen molar-refractivity contribution in [3.63, 3.8) is 0 Å². The summed E-state index contributed by atoms with van der Waals surface area (Å²) in [5.41, 5.74) is 4.10. The third-order valence-electron chi connectivity index (χ3n) is 5.14. The van der Waals surface area contributed by atoms with Gasteiger partial charge in [-0.05, 0) is 49.2 Å². The highest BCUT2D eigenvalue weighted by Crippen LogP contribution is 2.29. The van der Waals surface area contributed by atoms with E-state index in [0.717, 1.165) is 22.6 Å². The molecule has 0 bridgehead atoms. The zero-order valence-corrected chi connectivity index (χ0v) is 16.8. The van der Waals surface area contributed by atoms with Crippen LogP contribution in [0.4, 0.5) is 5.82 Å². The Bertz CT molecular complexity index is 1070. The Labute approximate surface area is 169 Å². The lowest BCUT2D eigenvalue weighted by Crippen LogP contribution is -2.37. The number of nitrogens with zero attached hydrogens (tertiary/aromatic N) is 5. The van der Waals surface area contributed by atoms with Gasteiger partial charge < -0.3 is 14.9 Å². The third kappa shape index (κ3) is 3.63. The van der Waals surface area contributed by atoms with Crippen molar-refractivity contribution in [2.75, 3.05) is 25.5 Å². The molecule has 7 heteroatoms. The molecule has 0 spiro atoms. The molecule has 1 aliphatic heterocycles. The predicted octanol–water partition coefficient (Wildman–Crippen LogP) is 2.82. The summed E-state index contributed by atoms with van der Waals surface area (Å²) in [6, 6.07) is 8.71. The number of fused-ring (bicyclic) bond motifs is 1. The second-order valence-electron chi connectivity index (χ2n) is 7.40. The quantitative estimate of drug-likeness (QED) is 0.742. The van der Waals surface area contributed by atoms with E-state index in [1.807, 2.05) is 31.1 Å². The number of benzene rings is 1. The van der Waals surface area contributed by atoms with Crippen LogP contribution in [0, 0.1) is 6.92 Å². The van der Waals surface area contributed by atoms with Crippen molar-refractivity contribution in [1.29, 1.82) is 0 Å². The fraction of sp³-hybridized carbons (Fsp3) is 0.273. The summed E-state index contributed by atoms with van der Waals surface area (Å²) in [4.78, 5) is 30.4. The molecular weight excluding hydrogens is 366 g/mol. The first-order valence-electron chi connectivity index (χ1n) is 9.50. The van der Waals surface area contributed by atoms with Gasteiger partial charge in [0.25, 0.3) is 5.91 Å². The van der Waals surface area contributed by atoms with Crippen LogP contribution >= 0.6 is 0 Å². The van der Waals surface area contributed by atoms with E-state index in [1.54, 1.807) is 42.4 Å². The van der Waals surface area contributed by atoms with Crippen LogP contribution in [0.3, 0.4) is 0 Å². The van der Waals surface area contributed by atoms with E-state index in [4.69, 9.17) is 9.97 Å². The third-order valence-corrected chi connectivity index (χ3v) is 5.14. The van der Waals surface area contributed by atoms with Gasteiger partial charge in [0.15, 0.2) is 5.82 Å². The molecule has 0 fully saturated rings. The van der Waals surface area contributed by atoms with E-state index >= 15 is 0 Å². The van der Waals surface area contributed by atoms with Crippen LogP contribution < -0.4 is 4.90 Å². The number of phenolic OH excluding ortho intramolecular Hbond substituents is 1. The molecule has 1 aliphatic rings. The highest BCUT2D eigenvalue weighted by atomic mass is 16.3. The maximum Gasteiger partial charge on any atom is 0.254 e. The minimum Gasteiger partial charge on any atom is -0.508 e. The molecule has 3 aromatic rings. The molecule has 29 heavy (non-hydrogen) atoms. The first-order chi connectivity index (χ1) is 13.9. The summed E-state index contributed by atoms with van der Waals surface area (Å²) in [7, 11) is 3.94. The summed E-state index contributed by atoms with van der Waals surface area (Å²) in [5, 5.41) is 9.74. The summed E-state index contributed by atoms with van der Waals surface area (Å²) >= 11 is 0. The maximum absolute atomic E-state index is 13.0. The number of anilines is 1. The minimum atomic E-state index is -0.0609. The average molecular weight is 389 g/mol. The van der Waals surface area contributed by atoms with E-state index in [-0.39, 0.29) is 11.7 Å². The van der Waals surface area contributed by atoms with Crippen molar-refractivity contribution >= 4 is 11.7 Å². The highest BCUT2D eigenvalue weighted by molar-refractivity contribution is 5.94. The molecule has 148 valence electrons. The lowest BCUT2D eigenvalue weighted by Gasteiger charge is -2.31. The van der Waals surface area contributed by atoms with Crippen LogP contribution in [0.1, 0.15) is 27.2 Å². The molecule has 0 unspecified atom stereocenters. The van der Waals surface area contributed by atoms with Gasteiger partial charge >= 0.3 is 0 Å². The van der Waals surface area contributed by atoms with Gasteiger partial charge in [0, 0.05) is 49.7 Å². The zero-order chi connectivity index (χ0) is 20.5. The van der Waals surface area contributed by atoms with E-state index in [0.29, 0.717) is 36.5 Å². The second-order valence-corrected chi connectivity index (χ2v) is 7.40. The van der Waals surface area contributed by atoms with Gasteiger partial charge in [0.05, 0.1) is 12.2 Å². The fourth-order valence-corrected chi connectivity index (χ4v) is 3.56. The van der Waals surface area contributed by atoms with Gasteiger partial charge in [0.2, 0.25) is 0 Å². The molecule has 0 saturated heterocycles.